The summed E-state index contributed by atoms with van der Waals surface area (Å²) in [5.41, 5.74) is 0.617. The number of rotatable bonds is 10. The summed E-state index contributed by atoms with van der Waals surface area (Å²) in [6.45, 7) is 14.0. The Hall–Kier alpha value is -1.39. The summed E-state index contributed by atoms with van der Waals surface area (Å²) in [6.07, 6.45) is -0.104. The van der Waals surface area contributed by atoms with Gasteiger partial charge in [-0.3, -0.25) is 0 Å². The summed E-state index contributed by atoms with van der Waals surface area (Å²) < 4.78 is 5.78. The minimum atomic E-state index is -0.232. The molecule has 0 amide bonds. The first-order valence-corrected chi connectivity index (χ1v) is 8.35. The Bertz CT molecular complexity index is 400. The Morgan fingerprint density at radius 1 is 0.909 bits per heavy atom. The van der Waals surface area contributed by atoms with Crippen LogP contribution in [-0.2, 0) is 4.74 Å². The Labute approximate surface area is 135 Å². The Morgan fingerprint density at radius 2 is 1.36 bits per heavy atom. The first-order valence-electron chi connectivity index (χ1n) is 8.35. The third-order valence-electron chi connectivity index (χ3n) is 4.00. The lowest BCUT2D eigenvalue weighted by atomic mass is 10.2. The summed E-state index contributed by atoms with van der Waals surface area (Å²) in [5, 5.41) is 0. The van der Waals surface area contributed by atoms with Gasteiger partial charge in [-0.2, -0.15) is 0 Å². The van der Waals surface area contributed by atoms with E-state index in [1.807, 2.05) is 18.2 Å². The van der Waals surface area contributed by atoms with Crippen LogP contribution in [-0.4, -0.2) is 61.1 Å². The van der Waals surface area contributed by atoms with E-state index in [0.29, 0.717) is 5.56 Å². The van der Waals surface area contributed by atoms with Crippen molar-refractivity contribution in [2.45, 2.75) is 33.8 Å². The number of hydrogen-bond acceptors (Lipinski definition) is 4. The van der Waals surface area contributed by atoms with E-state index in [-0.39, 0.29) is 12.1 Å². The number of carbonyl (C=O) groups excluding carboxylic acids is 1. The van der Waals surface area contributed by atoms with Gasteiger partial charge in [0.1, 0.15) is 6.10 Å². The number of hydrogen-bond donors (Lipinski definition) is 0. The van der Waals surface area contributed by atoms with Crippen molar-refractivity contribution in [3.8, 4) is 0 Å². The van der Waals surface area contributed by atoms with E-state index in [1.165, 1.54) is 0 Å². The van der Waals surface area contributed by atoms with Crippen LogP contribution in [0, 0.1) is 0 Å². The van der Waals surface area contributed by atoms with Crippen molar-refractivity contribution in [2.24, 2.45) is 0 Å². The average molecular weight is 306 g/mol. The van der Waals surface area contributed by atoms with Gasteiger partial charge in [0.15, 0.2) is 0 Å². The fourth-order valence-electron chi connectivity index (χ4n) is 2.47. The quantitative estimate of drug-likeness (QED) is 0.622. The van der Waals surface area contributed by atoms with E-state index in [4.69, 9.17) is 4.74 Å². The van der Waals surface area contributed by atoms with Crippen molar-refractivity contribution >= 4 is 5.97 Å². The molecule has 0 spiro atoms. The van der Waals surface area contributed by atoms with Crippen LogP contribution in [0.3, 0.4) is 0 Å². The summed E-state index contributed by atoms with van der Waals surface area (Å²) in [5.74, 6) is -0.232. The Kier molecular flexibility index (Phi) is 8.78. The minimum Gasteiger partial charge on any atom is -0.456 e. The van der Waals surface area contributed by atoms with Crippen LogP contribution in [0.25, 0.3) is 0 Å². The Morgan fingerprint density at radius 3 is 1.77 bits per heavy atom. The number of esters is 1. The van der Waals surface area contributed by atoms with Crippen molar-refractivity contribution in [3.05, 3.63) is 35.9 Å². The zero-order valence-corrected chi connectivity index (χ0v) is 14.4. The molecule has 1 rings (SSSR count). The van der Waals surface area contributed by atoms with Crippen LogP contribution >= 0.6 is 0 Å². The molecular formula is C18H30N2O2. The molecule has 0 aliphatic carbocycles. The highest BCUT2D eigenvalue weighted by Crippen LogP contribution is 2.07. The molecule has 0 atom stereocenters. The van der Waals surface area contributed by atoms with Crippen molar-refractivity contribution in [2.75, 3.05) is 39.3 Å². The average Bonchev–Trinajstić information content (AvgIpc) is 2.57. The van der Waals surface area contributed by atoms with Crippen molar-refractivity contribution in [1.29, 1.82) is 0 Å². The van der Waals surface area contributed by atoms with Crippen LogP contribution in [0.2, 0.25) is 0 Å². The molecule has 0 aromatic heterocycles. The molecule has 124 valence electrons. The number of ether oxygens (including phenoxy) is 1. The summed E-state index contributed by atoms with van der Waals surface area (Å²) in [7, 11) is 0. The lowest BCUT2D eigenvalue weighted by Crippen LogP contribution is -2.42. The van der Waals surface area contributed by atoms with E-state index in [1.54, 1.807) is 12.1 Å². The minimum absolute atomic E-state index is 0.104. The Balaban J connectivity index is 2.73. The molecule has 4 nitrogen and oxygen atoms in total. The molecule has 1 aromatic rings. The zero-order chi connectivity index (χ0) is 16.4. The van der Waals surface area contributed by atoms with Gasteiger partial charge in [0.05, 0.1) is 5.56 Å². The van der Waals surface area contributed by atoms with Crippen LogP contribution in [0.5, 0.6) is 0 Å². The molecule has 0 saturated carbocycles. The number of carbonyl (C=O) groups is 1. The van der Waals surface area contributed by atoms with Crippen LogP contribution in [0.4, 0.5) is 0 Å². The van der Waals surface area contributed by atoms with E-state index in [0.717, 1.165) is 39.3 Å². The van der Waals surface area contributed by atoms with Gasteiger partial charge in [-0.25, -0.2) is 4.79 Å². The van der Waals surface area contributed by atoms with Crippen molar-refractivity contribution < 1.29 is 9.53 Å². The fraction of sp³-hybridized carbons (Fsp3) is 0.611. The molecule has 4 heteroatoms. The topological polar surface area (TPSA) is 32.8 Å². The summed E-state index contributed by atoms with van der Waals surface area (Å²) in [4.78, 5) is 16.9. The normalized spacial score (nSPS) is 11.4. The molecule has 0 saturated heterocycles. The maximum Gasteiger partial charge on any atom is 0.338 e. The third-order valence-corrected chi connectivity index (χ3v) is 4.00. The first kappa shape index (κ1) is 18.7. The molecule has 0 fully saturated rings. The van der Waals surface area contributed by atoms with Gasteiger partial charge in [-0.1, -0.05) is 45.9 Å². The number of nitrogens with zero attached hydrogens (tertiary/aromatic N) is 2. The summed E-state index contributed by atoms with van der Waals surface area (Å²) in [6, 6.07) is 9.23. The predicted molar refractivity (Wildman–Crippen MR) is 91.2 cm³/mol. The highest BCUT2D eigenvalue weighted by atomic mass is 16.5. The second-order valence-electron chi connectivity index (χ2n) is 5.37. The number of likely N-dealkylation sites (N-methyl/N-ethyl adjacent to an activating group) is 2. The smallest absolute Gasteiger partial charge is 0.338 e. The number of benzene rings is 1. The molecule has 0 unspecified atom stereocenters. The van der Waals surface area contributed by atoms with Gasteiger partial charge in [0.25, 0.3) is 0 Å². The van der Waals surface area contributed by atoms with Gasteiger partial charge >= 0.3 is 5.97 Å². The zero-order valence-electron chi connectivity index (χ0n) is 14.4. The SMILES string of the molecule is CCN(CC)CC(CN(CC)CC)OC(=O)c1ccccc1. The molecular weight excluding hydrogens is 276 g/mol. The van der Waals surface area contributed by atoms with Gasteiger partial charge in [0.2, 0.25) is 0 Å². The largest absolute Gasteiger partial charge is 0.456 e. The lowest BCUT2D eigenvalue weighted by Gasteiger charge is -2.29. The fourth-order valence-corrected chi connectivity index (χ4v) is 2.47. The molecule has 0 radical (unpaired) electrons. The predicted octanol–water partition coefficient (Wildman–Crippen LogP) is 2.90. The van der Waals surface area contributed by atoms with Gasteiger partial charge in [-0.05, 0) is 38.3 Å². The molecule has 1 aromatic carbocycles. The van der Waals surface area contributed by atoms with Gasteiger partial charge < -0.3 is 14.5 Å². The molecule has 0 heterocycles. The van der Waals surface area contributed by atoms with Crippen LogP contribution in [0.15, 0.2) is 30.3 Å². The van der Waals surface area contributed by atoms with E-state index in [2.05, 4.69) is 37.5 Å². The molecule has 0 aliphatic rings. The van der Waals surface area contributed by atoms with Gasteiger partial charge in [0, 0.05) is 13.1 Å². The van der Waals surface area contributed by atoms with Crippen molar-refractivity contribution in [3.63, 3.8) is 0 Å². The highest BCUT2D eigenvalue weighted by Gasteiger charge is 2.20. The molecule has 0 N–H and O–H groups in total. The maximum absolute atomic E-state index is 12.3. The monoisotopic (exact) mass is 306 g/mol. The van der Waals surface area contributed by atoms with E-state index >= 15 is 0 Å². The first-order chi connectivity index (χ1) is 10.6. The molecule has 22 heavy (non-hydrogen) atoms. The maximum atomic E-state index is 12.3. The van der Waals surface area contributed by atoms with Crippen LogP contribution in [0.1, 0.15) is 38.1 Å². The van der Waals surface area contributed by atoms with E-state index < -0.39 is 0 Å². The van der Waals surface area contributed by atoms with E-state index in [9.17, 15) is 4.79 Å². The van der Waals surface area contributed by atoms with Crippen LogP contribution < -0.4 is 0 Å². The van der Waals surface area contributed by atoms with Gasteiger partial charge in [-0.15, -0.1) is 0 Å². The lowest BCUT2D eigenvalue weighted by molar-refractivity contribution is 0.0108. The molecule has 0 aliphatic heterocycles. The molecule has 0 bridgehead atoms. The second-order valence-corrected chi connectivity index (χ2v) is 5.37. The second kappa shape index (κ2) is 10.4. The standard InChI is InChI=1S/C18H30N2O2/c1-5-19(6-2)14-17(15-20(7-3)8-4)22-18(21)16-12-10-9-11-13-16/h9-13,17H,5-8,14-15H2,1-4H3. The summed E-state index contributed by atoms with van der Waals surface area (Å²) >= 11 is 0. The van der Waals surface area contributed by atoms with Crippen molar-refractivity contribution in [1.82, 2.24) is 9.80 Å². The third kappa shape index (κ3) is 6.16. The highest BCUT2D eigenvalue weighted by molar-refractivity contribution is 5.89.